The molecule has 2 aromatic rings. The third kappa shape index (κ3) is 3.49. The van der Waals surface area contributed by atoms with Gasteiger partial charge in [-0.2, -0.15) is 0 Å². The van der Waals surface area contributed by atoms with Gasteiger partial charge in [-0.05, 0) is 6.07 Å². The Balaban J connectivity index is 2.05. The monoisotopic (exact) mass is 348 g/mol. The molecule has 0 spiro atoms. The largest absolute Gasteiger partial charge is 0.335 e. The van der Waals surface area contributed by atoms with E-state index in [1.807, 2.05) is 54.6 Å². The standard InChI is InChI=1S/C20H20N4O2/c1-3-13-21-20(26)23-18-19(25)24(2)16-12-8-7-11-15(16)17(22-18)14-9-5-4-6-10-14/h3-12,18H,1,13H2,2H3,(H2,21,23,26)/t18-/m1/s1. The van der Waals surface area contributed by atoms with Crippen LogP contribution in [0.2, 0.25) is 0 Å². The average Bonchev–Trinajstić information content (AvgIpc) is 2.78. The van der Waals surface area contributed by atoms with Crippen LogP contribution in [0.3, 0.4) is 0 Å². The number of urea groups is 1. The predicted molar refractivity (Wildman–Crippen MR) is 102 cm³/mol. The van der Waals surface area contributed by atoms with Gasteiger partial charge in [-0.1, -0.05) is 54.6 Å². The molecule has 132 valence electrons. The first-order valence-electron chi connectivity index (χ1n) is 8.27. The molecule has 6 nitrogen and oxygen atoms in total. The lowest BCUT2D eigenvalue weighted by molar-refractivity contribution is -0.119. The normalized spacial score (nSPS) is 16.2. The van der Waals surface area contributed by atoms with Crippen LogP contribution >= 0.6 is 0 Å². The van der Waals surface area contributed by atoms with Gasteiger partial charge in [0.1, 0.15) is 0 Å². The number of aliphatic imine (C=N–C) groups is 1. The second kappa shape index (κ2) is 7.65. The van der Waals surface area contributed by atoms with E-state index in [1.54, 1.807) is 13.1 Å². The van der Waals surface area contributed by atoms with Gasteiger partial charge in [-0.25, -0.2) is 9.79 Å². The highest BCUT2D eigenvalue weighted by Crippen LogP contribution is 2.26. The van der Waals surface area contributed by atoms with Crippen LogP contribution in [0.4, 0.5) is 10.5 Å². The van der Waals surface area contributed by atoms with Crippen molar-refractivity contribution in [2.45, 2.75) is 6.17 Å². The number of amides is 3. The Labute approximate surface area is 152 Å². The summed E-state index contributed by atoms with van der Waals surface area (Å²) >= 11 is 0. The zero-order valence-electron chi connectivity index (χ0n) is 14.5. The van der Waals surface area contributed by atoms with E-state index in [9.17, 15) is 9.59 Å². The molecule has 1 heterocycles. The van der Waals surface area contributed by atoms with E-state index in [4.69, 9.17) is 0 Å². The molecule has 0 aliphatic carbocycles. The molecule has 3 amide bonds. The summed E-state index contributed by atoms with van der Waals surface area (Å²) < 4.78 is 0. The van der Waals surface area contributed by atoms with Crippen LogP contribution in [0.25, 0.3) is 0 Å². The molecule has 3 rings (SSSR count). The minimum Gasteiger partial charge on any atom is -0.335 e. The van der Waals surface area contributed by atoms with Crippen molar-refractivity contribution in [1.82, 2.24) is 10.6 Å². The second-order valence-electron chi connectivity index (χ2n) is 5.80. The van der Waals surface area contributed by atoms with Gasteiger partial charge in [-0.15, -0.1) is 6.58 Å². The number of anilines is 1. The average molecular weight is 348 g/mol. The van der Waals surface area contributed by atoms with Crippen LogP contribution in [0, 0.1) is 0 Å². The number of fused-ring (bicyclic) bond motifs is 1. The van der Waals surface area contributed by atoms with Crippen LogP contribution in [0.5, 0.6) is 0 Å². The highest BCUT2D eigenvalue weighted by atomic mass is 16.2. The number of hydrogen-bond acceptors (Lipinski definition) is 3. The number of benzodiazepines with no additional fused rings is 1. The van der Waals surface area contributed by atoms with Crippen molar-refractivity contribution < 1.29 is 9.59 Å². The molecule has 1 atom stereocenters. The Hall–Kier alpha value is -3.41. The number of carbonyl (C=O) groups excluding carboxylic acids is 2. The van der Waals surface area contributed by atoms with Gasteiger partial charge in [-0.3, -0.25) is 4.79 Å². The molecule has 2 aromatic carbocycles. The summed E-state index contributed by atoms with van der Waals surface area (Å²) in [6, 6.07) is 16.7. The lowest BCUT2D eigenvalue weighted by atomic mass is 10.0. The Bertz CT molecular complexity index is 861. The molecule has 1 aliphatic heterocycles. The first kappa shape index (κ1) is 17.4. The molecular formula is C20H20N4O2. The predicted octanol–water partition coefficient (Wildman–Crippen LogP) is 2.31. The van der Waals surface area contributed by atoms with Crippen molar-refractivity contribution in [2.75, 3.05) is 18.5 Å². The Morgan fingerprint density at radius 2 is 1.88 bits per heavy atom. The van der Waals surface area contributed by atoms with Crippen molar-refractivity contribution in [1.29, 1.82) is 0 Å². The molecule has 0 saturated heterocycles. The Kier molecular flexibility index (Phi) is 5.12. The highest BCUT2D eigenvalue weighted by molar-refractivity contribution is 6.20. The molecule has 26 heavy (non-hydrogen) atoms. The summed E-state index contributed by atoms with van der Waals surface area (Å²) in [5.74, 6) is -0.308. The fourth-order valence-corrected chi connectivity index (χ4v) is 2.78. The second-order valence-corrected chi connectivity index (χ2v) is 5.80. The maximum atomic E-state index is 12.9. The summed E-state index contributed by atoms with van der Waals surface area (Å²) in [5.41, 5.74) is 3.12. The molecule has 0 fully saturated rings. The molecular weight excluding hydrogens is 328 g/mol. The van der Waals surface area contributed by atoms with Gasteiger partial charge < -0.3 is 15.5 Å². The Morgan fingerprint density at radius 3 is 2.62 bits per heavy atom. The number of hydrogen-bond donors (Lipinski definition) is 2. The summed E-state index contributed by atoms with van der Waals surface area (Å²) in [6.07, 6.45) is 0.544. The van der Waals surface area contributed by atoms with Gasteiger partial charge in [0.05, 0.1) is 11.4 Å². The topological polar surface area (TPSA) is 73.8 Å². The smallest absolute Gasteiger partial charge is 0.317 e. The molecule has 0 unspecified atom stereocenters. The van der Waals surface area contributed by atoms with Crippen molar-refractivity contribution in [3.05, 3.63) is 78.4 Å². The van der Waals surface area contributed by atoms with E-state index in [0.717, 1.165) is 16.8 Å². The first-order valence-corrected chi connectivity index (χ1v) is 8.27. The third-order valence-electron chi connectivity index (χ3n) is 4.07. The fraction of sp³-hybridized carbons (Fsp3) is 0.150. The van der Waals surface area contributed by atoms with Gasteiger partial charge in [0.25, 0.3) is 5.91 Å². The molecule has 6 heteroatoms. The van der Waals surface area contributed by atoms with Crippen molar-refractivity contribution in [3.63, 3.8) is 0 Å². The Morgan fingerprint density at radius 1 is 1.19 bits per heavy atom. The van der Waals surface area contributed by atoms with Crippen LogP contribution in [-0.2, 0) is 4.79 Å². The van der Waals surface area contributed by atoms with Crippen LogP contribution in [0.1, 0.15) is 11.1 Å². The maximum absolute atomic E-state index is 12.9. The van der Waals surface area contributed by atoms with Crippen LogP contribution in [-0.4, -0.2) is 37.4 Å². The molecule has 0 saturated carbocycles. The zero-order chi connectivity index (χ0) is 18.5. The van der Waals surface area contributed by atoms with E-state index in [0.29, 0.717) is 12.3 Å². The van der Waals surface area contributed by atoms with Gasteiger partial charge in [0, 0.05) is 24.7 Å². The first-order chi connectivity index (χ1) is 12.6. The highest BCUT2D eigenvalue weighted by Gasteiger charge is 2.30. The molecule has 0 radical (unpaired) electrons. The van der Waals surface area contributed by atoms with Crippen molar-refractivity contribution >= 4 is 23.3 Å². The number of carbonyl (C=O) groups is 2. The van der Waals surface area contributed by atoms with E-state index in [1.165, 1.54) is 4.90 Å². The quantitative estimate of drug-likeness (QED) is 0.832. The third-order valence-corrected chi connectivity index (χ3v) is 4.07. The van der Waals surface area contributed by atoms with Crippen LogP contribution < -0.4 is 15.5 Å². The van der Waals surface area contributed by atoms with Crippen LogP contribution in [0.15, 0.2) is 72.2 Å². The molecule has 2 N–H and O–H groups in total. The van der Waals surface area contributed by atoms with Crippen molar-refractivity contribution in [2.24, 2.45) is 4.99 Å². The van der Waals surface area contributed by atoms with Gasteiger partial charge >= 0.3 is 6.03 Å². The van der Waals surface area contributed by atoms with E-state index in [-0.39, 0.29) is 5.91 Å². The molecule has 0 bridgehead atoms. The molecule has 0 aromatic heterocycles. The number of rotatable bonds is 4. The SMILES string of the molecule is C=CCNC(=O)N[C@H]1N=C(c2ccccc2)c2ccccc2N(C)C1=O. The van der Waals surface area contributed by atoms with E-state index in [2.05, 4.69) is 22.2 Å². The minimum absolute atomic E-state index is 0.304. The van der Waals surface area contributed by atoms with E-state index >= 15 is 0 Å². The number of likely N-dealkylation sites (N-methyl/N-ethyl adjacent to an activating group) is 1. The molecule has 1 aliphatic rings. The summed E-state index contributed by atoms with van der Waals surface area (Å²) in [7, 11) is 1.68. The maximum Gasteiger partial charge on any atom is 0.317 e. The number of nitrogens with zero attached hydrogens (tertiary/aromatic N) is 2. The summed E-state index contributed by atoms with van der Waals surface area (Å²) in [4.78, 5) is 31.0. The fourth-order valence-electron chi connectivity index (χ4n) is 2.78. The summed E-state index contributed by atoms with van der Waals surface area (Å²) in [6.45, 7) is 3.86. The lowest BCUT2D eigenvalue weighted by Gasteiger charge is -2.20. The van der Waals surface area contributed by atoms with Gasteiger partial charge in [0.15, 0.2) is 0 Å². The lowest BCUT2D eigenvalue weighted by Crippen LogP contribution is -2.49. The number of para-hydroxylation sites is 1. The van der Waals surface area contributed by atoms with E-state index < -0.39 is 12.2 Å². The van der Waals surface area contributed by atoms with Gasteiger partial charge in [0.2, 0.25) is 6.17 Å². The number of nitrogens with one attached hydrogen (secondary N) is 2. The van der Waals surface area contributed by atoms with Crippen molar-refractivity contribution in [3.8, 4) is 0 Å². The number of benzene rings is 2. The summed E-state index contributed by atoms with van der Waals surface area (Å²) in [5, 5.41) is 5.24. The minimum atomic E-state index is -1.02. The zero-order valence-corrected chi connectivity index (χ0v) is 14.5.